The first-order valence-electron chi connectivity index (χ1n) is 9.80. The van der Waals surface area contributed by atoms with Crippen molar-refractivity contribution >= 4 is 23.2 Å². The van der Waals surface area contributed by atoms with E-state index in [2.05, 4.69) is 5.10 Å². The average molecular weight is 493 g/mol. The molecule has 0 saturated carbocycles. The van der Waals surface area contributed by atoms with E-state index in [0.717, 1.165) is 27.4 Å². The second-order valence-corrected chi connectivity index (χ2v) is 7.98. The maximum Gasteiger partial charge on any atom is 0.435 e. The molecule has 1 aromatic heterocycles. The lowest BCUT2D eigenvalue weighted by Crippen LogP contribution is -2.09. The molecule has 0 bridgehead atoms. The quantitative estimate of drug-likeness (QED) is 0.317. The monoisotopic (exact) mass is 492 g/mol. The lowest BCUT2D eigenvalue weighted by Gasteiger charge is -2.12. The number of ether oxygens (including phenoxy) is 1. The van der Waals surface area contributed by atoms with Crippen LogP contribution in [0.4, 0.5) is 13.2 Å². The molecule has 0 aliphatic heterocycles. The molecule has 1 N–H and O–H groups in total. The average Bonchev–Trinajstić information content (AvgIpc) is 3.22. The van der Waals surface area contributed by atoms with Crippen LogP contribution in [-0.4, -0.2) is 14.9 Å². The summed E-state index contributed by atoms with van der Waals surface area (Å²) in [5.41, 5.74) is 1.92. The number of alkyl halides is 3. The first-order valence-corrected chi connectivity index (χ1v) is 10.6. The Balaban J connectivity index is 1.58. The molecule has 0 amide bonds. The second-order valence-electron chi connectivity index (χ2n) is 7.17. The summed E-state index contributed by atoms with van der Waals surface area (Å²) in [6, 6.07) is 20.1. The number of aromatic nitrogens is 2. The highest BCUT2D eigenvalue weighted by Gasteiger charge is 2.35. The number of rotatable bonds is 6. The normalized spacial score (nSPS) is 11.6. The topological polar surface area (TPSA) is 47.3 Å². The van der Waals surface area contributed by atoms with Gasteiger partial charge in [-0.2, -0.15) is 18.3 Å². The summed E-state index contributed by atoms with van der Waals surface area (Å²) in [6.45, 7) is -0.214. The number of benzene rings is 3. The Bertz CT molecular complexity index is 1230. The molecule has 3 aromatic carbocycles. The van der Waals surface area contributed by atoms with E-state index in [1.807, 2.05) is 36.4 Å². The Labute approximate surface area is 197 Å². The van der Waals surface area contributed by atoms with Crippen LogP contribution in [0.25, 0.3) is 16.8 Å². The lowest BCUT2D eigenvalue weighted by atomic mass is 10.0. The Hall–Kier alpha value is -3.00. The van der Waals surface area contributed by atoms with Crippen LogP contribution in [0.2, 0.25) is 10.0 Å². The zero-order chi connectivity index (χ0) is 23.6. The van der Waals surface area contributed by atoms with E-state index in [1.54, 1.807) is 18.2 Å². The third kappa shape index (κ3) is 5.16. The lowest BCUT2D eigenvalue weighted by molar-refractivity contribution is -0.141. The number of aliphatic hydroxyl groups is 1. The molecule has 1 heterocycles. The molecular formula is C24H17Cl2F3N2O2. The summed E-state index contributed by atoms with van der Waals surface area (Å²) in [4.78, 5) is 0. The van der Waals surface area contributed by atoms with E-state index in [4.69, 9.17) is 33.0 Å². The Morgan fingerprint density at radius 2 is 1.45 bits per heavy atom. The first-order chi connectivity index (χ1) is 15.8. The van der Waals surface area contributed by atoms with Crippen LogP contribution in [0.3, 0.4) is 0 Å². The molecule has 0 saturated heterocycles. The van der Waals surface area contributed by atoms with Crippen molar-refractivity contribution in [2.24, 2.45) is 0 Å². The fourth-order valence-electron chi connectivity index (χ4n) is 3.25. The van der Waals surface area contributed by atoms with Gasteiger partial charge >= 0.3 is 6.18 Å². The smallest absolute Gasteiger partial charge is 0.435 e. The number of para-hydroxylation sites is 1. The van der Waals surface area contributed by atoms with Gasteiger partial charge < -0.3 is 9.84 Å². The van der Waals surface area contributed by atoms with E-state index >= 15 is 0 Å². The van der Waals surface area contributed by atoms with E-state index < -0.39 is 11.9 Å². The van der Waals surface area contributed by atoms with Gasteiger partial charge in [-0.15, -0.1) is 0 Å². The van der Waals surface area contributed by atoms with Crippen molar-refractivity contribution in [1.29, 1.82) is 0 Å². The van der Waals surface area contributed by atoms with Gasteiger partial charge in [-0.05, 0) is 47.0 Å². The Morgan fingerprint density at radius 1 is 0.879 bits per heavy atom. The molecule has 0 spiro atoms. The van der Waals surface area contributed by atoms with Crippen molar-refractivity contribution in [1.82, 2.24) is 9.78 Å². The maximum atomic E-state index is 13.3. The van der Waals surface area contributed by atoms with Gasteiger partial charge in [0.2, 0.25) is 0 Å². The SMILES string of the molecule is OCc1ccc(-c2ccc(OCc3cc(C(F)(F)F)nn3-c3c(Cl)cccc3Cl)cc2)cc1. The largest absolute Gasteiger partial charge is 0.487 e. The number of aliphatic hydroxyl groups excluding tert-OH is 1. The Kier molecular flexibility index (Phi) is 6.65. The van der Waals surface area contributed by atoms with Gasteiger partial charge in [-0.25, -0.2) is 4.68 Å². The molecule has 0 atom stereocenters. The van der Waals surface area contributed by atoms with Crippen LogP contribution in [-0.2, 0) is 19.4 Å². The molecule has 0 unspecified atom stereocenters. The summed E-state index contributed by atoms with van der Waals surface area (Å²) in [7, 11) is 0. The second kappa shape index (κ2) is 9.47. The highest BCUT2D eigenvalue weighted by molar-refractivity contribution is 6.37. The fraction of sp³-hybridized carbons (Fsp3) is 0.125. The van der Waals surface area contributed by atoms with E-state index in [-0.39, 0.29) is 34.6 Å². The number of hydrogen-bond acceptors (Lipinski definition) is 3. The van der Waals surface area contributed by atoms with Crippen LogP contribution in [0.15, 0.2) is 72.8 Å². The van der Waals surface area contributed by atoms with Crippen molar-refractivity contribution < 1.29 is 23.0 Å². The minimum Gasteiger partial charge on any atom is -0.487 e. The van der Waals surface area contributed by atoms with Gasteiger partial charge in [0, 0.05) is 0 Å². The molecular weight excluding hydrogens is 476 g/mol. The van der Waals surface area contributed by atoms with E-state index in [0.29, 0.717) is 5.75 Å². The number of hydrogen-bond donors (Lipinski definition) is 1. The van der Waals surface area contributed by atoms with Gasteiger partial charge in [-0.3, -0.25) is 0 Å². The third-order valence-electron chi connectivity index (χ3n) is 4.93. The van der Waals surface area contributed by atoms with Crippen molar-refractivity contribution in [2.45, 2.75) is 19.4 Å². The number of halogens is 5. The number of nitrogens with zero attached hydrogens (tertiary/aromatic N) is 2. The fourth-order valence-corrected chi connectivity index (χ4v) is 3.81. The summed E-state index contributed by atoms with van der Waals surface area (Å²) < 4.78 is 46.8. The van der Waals surface area contributed by atoms with Crippen LogP contribution < -0.4 is 4.74 Å². The molecule has 9 heteroatoms. The molecule has 4 nitrogen and oxygen atoms in total. The van der Waals surface area contributed by atoms with Gasteiger partial charge in [-0.1, -0.05) is 65.7 Å². The minimum atomic E-state index is -4.64. The molecule has 4 aromatic rings. The van der Waals surface area contributed by atoms with Crippen LogP contribution in [0.1, 0.15) is 17.0 Å². The van der Waals surface area contributed by atoms with Gasteiger partial charge in [0.1, 0.15) is 18.0 Å². The zero-order valence-corrected chi connectivity index (χ0v) is 18.5. The molecule has 0 aliphatic carbocycles. The maximum absolute atomic E-state index is 13.3. The first kappa shape index (κ1) is 23.2. The molecule has 33 heavy (non-hydrogen) atoms. The van der Waals surface area contributed by atoms with Crippen LogP contribution >= 0.6 is 23.2 Å². The summed E-state index contributed by atoms with van der Waals surface area (Å²) in [5.74, 6) is 0.470. The summed E-state index contributed by atoms with van der Waals surface area (Å²) in [5, 5.41) is 13.2. The highest BCUT2D eigenvalue weighted by Crippen LogP contribution is 2.34. The molecule has 0 fully saturated rings. The van der Waals surface area contributed by atoms with Gasteiger partial charge in [0.15, 0.2) is 5.69 Å². The molecule has 170 valence electrons. The Morgan fingerprint density at radius 3 is 2.00 bits per heavy atom. The van der Waals surface area contributed by atoms with Gasteiger partial charge in [0.25, 0.3) is 0 Å². The van der Waals surface area contributed by atoms with Crippen molar-refractivity contribution in [2.75, 3.05) is 0 Å². The third-order valence-corrected chi connectivity index (χ3v) is 5.54. The highest BCUT2D eigenvalue weighted by atomic mass is 35.5. The molecule has 0 radical (unpaired) electrons. The van der Waals surface area contributed by atoms with Gasteiger partial charge in [0.05, 0.1) is 22.3 Å². The van der Waals surface area contributed by atoms with Crippen molar-refractivity contribution in [3.8, 4) is 22.6 Å². The summed E-state index contributed by atoms with van der Waals surface area (Å²) >= 11 is 12.4. The van der Waals surface area contributed by atoms with Crippen molar-refractivity contribution in [3.05, 3.63) is 99.8 Å². The predicted molar refractivity (Wildman–Crippen MR) is 121 cm³/mol. The molecule has 4 rings (SSSR count). The summed E-state index contributed by atoms with van der Waals surface area (Å²) in [6.07, 6.45) is -4.64. The standard InChI is InChI=1S/C24H17Cl2F3N2O2/c25-20-2-1-3-21(26)23(20)31-18(12-22(30-31)24(27,28)29)14-33-19-10-8-17(9-11-19)16-6-4-15(13-32)5-7-16/h1-12,32H,13-14H2. The van der Waals surface area contributed by atoms with Crippen LogP contribution in [0.5, 0.6) is 5.75 Å². The van der Waals surface area contributed by atoms with Crippen LogP contribution in [0, 0.1) is 0 Å². The van der Waals surface area contributed by atoms with E-state index in [9.17, 15) is 13.2 Å². The van der Waals surface area contributed by atoms with E-state index in [1.165, 1.54) is 12.1 Å². The zero-order valence-electron chi connectivity index (χ0n) is 17.0. The molecule has 0 aliphatic rings. The van der Waals surface area contributed by atoms with Crippen molar-refractivity contribution in [3.63, 3.8) is 0 Å². The predicted octanol–water partition coefficient (Wildman–Crippen LogP) is 6.94. The minimum absolute atomic E-state index is 0.0287.